The molecule has 1 aromatic rings. The Morgan fingerprint density at radius 1 is 1.32 bits per heavy atom. The van der Waals surface area contributed by atoms with Crippen molar-refractivity contribution in [3.8, 4) is 0 Å². The van der Waals surface area contributed by atoms with Crippen molar-refractivity contribution >= 4 is 5.82 Å². The van der Waals surface area contributed by atoms with Crippen LogP contribution in [0.3, 0.4) is 0 Å². The fourth-order valence-electron chi connectivity index (χ4n) is 2.82. The number of fused-ring (bicyclic) bond motifs is 1. The predicted octanol–water partition coefficient (Wildman–Crippen LogP) is 3.84. The van der Waals surface area contributed by atoms with Crippen molar-refractivity contribution in [3.05, 3.63) is 17.3 Å². The van der Waals surface area contributed by atoms with Crippen molar-refractivity contribution in [2.24, 2.45) is 11.3 Å². The second kappa shape index (κ2) is 5.89. The van der Waals surface area contributed by atoms with E-state index < -0.39 is 0 Å². The fraction of sp³-hybridized carbons (Fsp3) is 0.750. The van der Waals surface area contributed by atoms with Gasteiger partial charge in [0.15, 0.2) is 0 Å². The summed E-state index contributed by atoms with van der Waals surface area (Å²) in [7, 11) is 0. The SMILES string of the molecule is CCCNc1cc2c(nn1)CCC(C(C)(C)CC)C2. The maximum Gasteiger partial charge on any atom is 0.148 e. The summed E-state index contributed by atoms with van der Waals surface area (Å²) in [5.41, 5.74) is 3.05. The highest BCUT2D eigenvalue weighted by Gasteiger charge is 2.31. The maximum absolute atomic E-state index is 4.40. The number of nitrogens with zero attached hydrogens (tertiary/aromatic N) is 2. The van der Waals surface area contributed by atoms with Gasteiger partial charge in [0.2, 0.25) is 0 Å². The zero-order chi connectivity index (χ0) is 13.9. The molecule has 2 rings (SSSR count). The standard InChI is InChI=1S/C16H27N3/c1-5-9-17-15-11-12-10-13(16(3,4)6-2)7-8-14(12)18-19-15/h11,13H,5-10H2,1-4H3,(H,17,19). The normalized spacial score (nSPS) is 19.1. The van der Waals surface area contributed by atoms with Crippen LogP contribution >= 0.6 is 0 Å². The Hall–Kier alpha value is -1.12. The van der Waals surface area contributed by atoms with Gasteiger partial charge in [-0.25, -0.2) is 0 Å². The van der Waals surface area contributed by atoms with E-state index in [9.17, 15) is 0 Å². The Morgan fingerprint density at radius 3 is 2.79 bits per heavy atom. The second-order valence-corrected chi connectivity index (χ2v) is 6.41. The summed E-state index contributed by atoms with van der Waals surface area (Å²) in [6.07, 6.45) is 5.86. The third-order valence-corrected chi connectivity index (χ3v) is 4.73. The van der Waals surface area contributed by atoms with E-state index in [4.69, 9.17) is 0 Å². The zero-order valence-electron chi connectivity index (χ0n) is 12.8. The molecule has 1 aromatic heterocycles. The molecular formula is C16H27N3. The van der Waals surface area contributed by atoms with Crippen LogP contribution in [0.4, 0.5) is 5.82 Å². The third-order valence-electron chi connectivity index (χ3n) is 4.73. The summed E-state index contributed by atoms with van der Waals surface area (Å²) < 4.78 is 0. The monoisotopic (exact) mass is 261 g/mol. The summed E-state index contributed by atoms with van der Waals surface area (Å²) in [5, 5.41) is 12.0. The Bertz CT molecular complexity index is 426. The first kappa shape index (κ1) is 14.3. The number of hydrogen-bond donors (Lipinski definition) is 1. The summed E-state index contributed by atoms with van der Waals surface area (Å²) in [6, 6.07) is 2.22. The lowest BCUT2D eigenvalue weighted by Gasteiger charge is -2.36. The number of hydrogen-bond acceptors (Lipinski definition) is 3. The van der Waals surface area contributed by atoms with E-state index in [2.05, 4.69) is 49.3 Å². The van der Waals surface area contributed by atoms with Crippen LogP contribution in [0, 0.1) is 11.3 Å². The van der Waals surface area contributed by atoms with Crippen LogP contribution in [0.25, 0.3) is 0 Å². The van der Waals surface area contributed by atoms with Crippen molar-refractivity contribution < 1.29 is 0 Å². The molecule has 3 nitrogen and oxygen atoms in total. The summed E-state index contributed by atoms with van der Waals surface area (Å²) in [5.74, 6) is 1.71. The lowest BCUT2D eigenvalue weighted by molar-refractivity contribution is 0.181. The van der Waals surface area contributed by atoms with Gasteiger partial charge in [0.25, 0.3) is 0 Å². The van der Waals surface area contributed by atoms with E-state index in [0.717, 1.165) is 37.5 Å². The van der Waals surface area contributed by atoms with Crippen molar-refractivity contribution in [2.75, 3.05) is 11.9 Å². The van der Waals surface area contributed by atoms with Gasteiger partial charge in [0.05, 0.1) is 5.69 Å². The third kappa shape index (κ3) is 3.26. The molecule has 1 aliphatic carbocycles. The highest BCUT2D eigenvalue weighted by molar-refractivity contribution is 5.39. The summed E-state index contributed by atoms with van der Waals surface area (Å²) in [6.45, 7) is 10.2. The largest absolute Gasteiger partial charge is 0.369 e. The minimum atomic E-state index is 0.429. The minimum Gasteiger partial charge on any atom is -0.369 e. The van der Waals surface area contributed by atoms with Crippen LogP contribution < -0.4 is 5.32 Å². The molecule has 3 heteroatoms. The van der Waals surface area contributed by atoms with E-state index >= 15 is 0 Å². The lowest BCUT2D eigenvalue weighted by atomic mass is 9.69. The summed E-state index contributed by atoms with van der Waals surface area (Å²) >= 11 is 0. The van der Waals surface area contributed by atoms with Gasteiger partial charge in [-0.15, -0.1) is 5.10 Å². The molecule has 1 heterocycles. The van der Waals surface area contributed by atoms with Crippen LogP contribution in [0.2, 0.25) is 0 Å². The van der Waals surface area contributed by atoms with Gasteiger partial charge in [-0.1, -0.05) is 34.1 Å². The van der Waals surface area contributed by atoms with Crippen molar-refractivity contribution in [2.45, 2.75) is 59.8 Å². The van der Waals surface area contributed by atoms with Crippen LogP contribution in [0.15, 0.2) is 6.07 Å². The number of aryl methyl sites for hydroxylation is 1. The topological polar surface area (TPSA) is 37.8 Å². The van der Waals surface area contributed by atoms with Crippen molar-refractivity contribution in [1.82, 2.24) is 10.2 Å². The highest BCUT2D eigenvalue weighted by atomic mass is 15.2. The molecule has 19 heavy (non-hydrogen) atoms. The van der Waals surface area contributed by atoms with Crippen LogP contribution in [0.5, 0.6) is 0 Å². The van der Waals surface area contributed by atoms with Crippen LogP contribution in [-0.2, 0) is 12.8 Å². The molecule has 0 aliphatic heterocycles. The van der Waals surface area contributed by atoms with E-state index in [1.165, 1.54) is 24.1 Å². The Labute approximate surface area is 117 Å². The first-order valence-electron chi connectivity index (χ1n) is 7.66. The van der Waals surface area contributed by atoms with Gasteiger partial charge in [-0.3, -0.25) is 0 Å². The smallest absolute Gasteiger partial charge is 0.148 e. The fourth-order valence-corrected chi connectivity index (χ4v) is 2.82. The molecule has 0 aromatic carbocycles. The first-order valence-corrected chi connectivity index (χ1v) is 7.66. The lowest BCUT2D eigenvalue weighted by Crippen LogP contribution is -2.29. The molecule has 0 spiro atoms. The van der Waals surface area contributed by atoms with Gasteiger partial charge < -0.3 is 5.32 Å². The van der Waals surface area contributed by atoms with E-state index in [1.807, 2.05) is 0 Å². The van der Waals surface area contributed by atoms with E-state index in [0.29, 0.717) is 5.41 Å². The average Bonchev–Trinajstić information content (AvgIpc) is 2.44. The Kier molecular flexibility index (Phi) is 4.43. The molecular weight excluding hydrogens is 234 g/mol. The predicted molar refractivity (Wildman–Crippen MR) is 80.4 cm³/mol. The molecule has 106 valence electrons. The van der Waals surface area contributed by atoms with Crippen LogP contribution in [-0.4, -0.2) is 16.7 Å². The summed E-state index contributed by atoms with van der Waals surface area (Å²) in [4.78, 5) is 0. The van der Waals surface area contributed by atoms with Crippen LogP contribution in [0.1, 0.15) is 58.2 Å². The molecule has 1 N–H and O–H groups in total. The quantitative estimate of drug-likeness (QED) is 0.875. The van der Waals surface area contributed by atoms with Gasteiger partial charge in [0, 0.05) is 6.54 Å². The molecule has 0 saturated heterocycles. The molecule has 1 atom stereocenters. The average molecular weight is 261 g/mol. The molecule has 0 amide bonds. The number of rotatable bonds is 5. The van der Waals surface area contributed by atoms with Gasteiger partial charge in [-0.05, 0) is 48.6 Å². The molecule has 1 unspecified atom stereocenters. The molecule has 0 saturated carbocycles. The van der Waals surface area contributed by atoms with E-state index in [1.54, 1.807) is 0 Å². The van der Waals surface area contributed by atoms with E-state index in [-0.39, 0.29) is 0 Å². The number of anilines is 1. The van der Waals surface area contributed by atoms with Gasteiger partial charge in [0.1, 0.15) is 5.82 Å². The highest BCUT2D eigenvalue weighted by Crippen LogP contribution is 2.39. The Balaban J connectivity index is 2.14. The molecule has 0 bridgehead atoms. The second-order valence-electron chi connectivity index (χ2n) is 6.41. The van der Waals surface area contributed by atoms with Crippen molar-refractivity contribution in [3.63, 3.8) is 0 Å². The Morgan fingerprint density at radius 2 is 2.11 bits per heavy atom. The minimum absolute atomic E-state index is 0.429. The molecule has 0 fully saturated rings. The maximum atomic E-state index is 4.40. The zero-order valence-corrected chi connectivity index (χ0v) is 12.8. The van der Waals surface area contributed by atoms with Crippen molar-refractivity contribution in [1.29, 1.82) is 0 Å². The van der Waals surface area contributed by atoms with Gasteiger partial charge in [-0.2, -0.15) is 5.10 Å². The number of nitrogens with one attached hydrogen (secondary N) is 1. The molecule has 1 aliphatic rings. The number of aromatic nitrogens is 2. The van der Waals surface area contributed by atoms with Gasteiger partial charge >= 0.3 is 0 Å². The molecule has 0 radical (unpaired) electrons. The first-order chi connectivity index (χ1) is 9.06.